The Morgan fingerprint density at radius 2 is 2.24 bits per heavy atom. The number of aliphatic hydroxyl groups is 1. The zero-order valence-electron chi connectivity index (χ0n) is 12.7. The summed E-state index contributed by atoms with van der Waals surface area (Å²) in [6.07, 6.45) is 2.86. The molecule has 3 unspecified atom stereocenters. The molecule has 0 spiro atoms. The van der Waals surface area contributed by atoms with Crippen molar-refractivity contribution in [1.82, 2.24) is 4.90 Å². The van der Waals surface area contributed by atoms with Crippen molar-refractivity contribution in [3.05, 3.63) is 29.8 Å². The molecule has 0 radical (unpaired) electrons. The fourth-order valence-corrected chi connectivity index (χ4v) is 4.03. The molecule has 0 bridgehead atoms. The van der Waals surface area contributed by atoms with Crippen molar-refractivity contribution in [2.45, 2.75) is 31.8 Å². The quantitative estimate of drug-likeness (QED) is 0.907. The van der Waals surface area contributed by atoms with E-state index in [1.165, 1.54) is 0 Å². The van der Waals surface area contributed by atoms with Crippen molar-refractivity contribution < 1.29 is 14.6 Å². The zero-order valence-corrected chi connectivity index (χ0v) is 12.7. The Morgan fingerprint density at radius 3 is 2.95 bits per heavy atom. The van der Waals surface area contributed by atoms with Crippen LogP contribution in [0.1, 0.15) is 31.7 Å². The second kappa shape index (κ2) is 5.34. The highest BCUT2D eigenvalue weighted by Crippen LogP contribution is 2.48. The van der Waals surface area contributed by atoms with E-state index in [0.717, 1.165) is 37.1 Å². The van der Waals surface area contributed by atoms with Gasteiger partial charge in [0.1, 0.15) is 5.75 Å². The molecule has 21 heavy (non-hydrogen) atoms. The zero-order chi connectivity index (χ0) is 15.0. The van der Waals surface area contributed by atoms with Gasteiger partial charge in [-0.3, -0.25) is 4.79 Å². The van der Waals surface area contributed by atoms with E-state index in [0.29, 0.717) is 12.5 Å². The number of hydrogen-bond acceptors (Lipinski definition) is 3. The summed E-state index contributed by atoms with van der Waals surface area (Å²) >= 11 is 0. The maximum atomic E-state index is 11.7. The second-order valence-corrected chi connectivity index (χ2v) is 6.34. The molecule has 1 aromatic rings. The summed E-state index contributed by atoms with van der Waals surface area (Å²) in [6, 6.07) is 7.72. The van der Waals surface area contributed by atoms with Crippen molar-refractivity contribution in [3.8, 4) is 5.75 Å². The van der Waals surface area contributed by atoms with Gasteiger partial charge in [0.15, 0.2) is 0 Å². The van der Waals surface area contributed by atoms with E-state index in [9.17, 15) is 9.90 Å². The number of ether oxygens (including phenoxy) is 1. The highest BCUT2D eigenvalue weighted by Gasteiger charge is 2.50. The first-order chi connectivity index (χ1) is 10.0. The van der Waals surface area contributed by atoms with Gasteiger partial charge in [-0.15, -0.1) is 0 Å². The summed E-state index contributed by atoms with van der Waals surface area (Å²) in [5, 5.41) is 11.3. The average molecular weight is 289 g/mol. The third-order valence-corrected chi connectivity index (χ3v) is 5.20. The van der Waals surface area contributed by atoms with Crippen LogP contribution in [0, 0.1) is 11.8 Å². The van der Waals surface area contributed by atoms with Crippen LogP contribution < -0.4 is 4.74 Å². The van der Waals surface area contributed by atoms with Crippen molar-refractivity contribution in [3.63, 3.8) is 0 Å². The number of nitrogens with zero attached hydrogens (tertiary/aromatic N) is 1. The van der Waals surface area contributed by atoms with Crippen LogP contribution in [0.3, 0.4) is 0 Å². The van der Waals surface area contributed by atoms with Gasteiger partial charge in [-0.1, -0.05) is 12.1 Å². The van der Waals surface area contributed by atoms with E-state index in [1.54, 1.807) is 14.0 Å². The fourth-order valence-electron chi connectivity index (χ4n) is 4.03. The first-order valence-corrected chi connectivity index (χ1v) is 7.67. The summed E-state index contributed by atoms with van der Waals surface area (Å²) in [5.41, 5.74) is 0.0729. The molecular formula is C17H23NO3. The molecule has 114 valence electrons. The van der Waals surface area contributed by atoms with Crippen molar-refractivity contribution in [1.29, 1.82) is 0 Å². The SMILES string of the molecule is COc1cccc(C2(O)CCCC3CN(C(C)=O)CC32)c1. The first-order valence-electron chi connectivity index (χ1n) is 7.67. The third kappa shape index (κ3) is 2.42. The average Bonchev–Trinajstić information content (AvgIpc) is 2.93. The number of benzene rings is 1. The van der Waals surface area contributed by atoms with E-state index < -0.39 is 5.60 Å². The minimum Gasteiger partial charge on any atom is -0.497 e. The van der Waals surface area contributed by atoms with Crippen molar-refractivity contribution in [2.24, 2.45) is 11.8 Å². The molecule has 2 aliphatic rings. The maximum Gasteiger partial charge on any atom is 0.219 e. The number of likely N-dealkylation sites (tertiary alicyclic amines) is 1. The summed E-state index contributed by atoms with van der Waals surface area (Å²) in [4.78, 5) is 13.5. The molecule has 1 amide bonds. The molecule has 1 saturated carbocycles. The van der Waals surface area contributed by atoms with E-state index in [2.05, 4.69) is 0 Å². The Labute approximate surface area is 125 Å². The monoisotopic (exact) mass is 289 g/mol. The predicted octanol–water partition coefficient (Wildman–Crippen LogP) is 2.16. The Balaban J connectivity index is 1.93. The minimum absolute atomic E-state index is 0.109. The lowest BCUT2D eigenvalue weighted by Gasteiger charge is -2.41. The topological polar surface area (TPSA) is 49.8 Å². The van der Waals surface area contributed by atoms with Crippen molar-refractivity contribution >= 4 is 5.91 Å². The van der Waals surface area contributed by atoms with Gasteiger partial charge in [-0.2, -0.15) is 0 Å². The molecule has 3 rings (SSSR count). The molecule has 2 fully saturated rings. The molecule has 1 N–H and O–H groups in total. The molecule has 1 aliphatic carbocycles. The van der Waals surface area contributed by atoms with Gasteiger partial charge in [0.05, 0.1) is 12.7 Å². The van der Waals surface area contributed by atoms with Gasteiger partial charge in [0.25, 0.3) is 0 Å². The second-order valence-electron chi connectivity index (χ2n) is 6.34. The van der Waals surface area contributed by atoms with Gasteiger partial charge in [-0.25, -0.2) is 0 Å². The Bertz CT molecular complexity index is 545. The number of amides is 1. The molecule has 0 aromatic heterocycles. The number of carbonyl (C=O) groups excluding carboxylic acids is 1. The van der Waals surface area contributed by atoms with Crippen LogP contribution in [0.4, 0.5) is 0 Å². The summed E-state index contributed by atoms with van der Waals surface area (Å²) in [6.45, 7) is 3.06. The van der Waals surface area contributed by atoms with Crippen molar-refractivity contribution in [2.75, 3.05) is 20.2 Å². The highest BCUT2D eigenvalue weighted by atomic mass is 16.5. The van der Waals surface area contributed by atoms with E-state index in [4.69, 9.17) is 4.74 Å². The predicted molar refractivity (Wildman–Crippen MR) is 80.0 cm³/mol. The normalized spacial score (nSPS) is 31.9. The van der Waals surface area contributed by atoms with Gasteiger partial charge in [0, 0.05) is 25.9 Å². The third-order valence-electron chi connectivity index (χ3n) is 5.20. The van der Waals surface area contributed by atoms with Crippen LogP contribution in [-0.2, 0) is 10.4 Å². The van der Waals surface area contributed by atoms with Gasteiger partial charge >= 0.3 is 0 Å². The van der Waals surface area contributed by atoms with E-state index in [1.807, 2.05) is 29.2 Å². The first kappa shape index (κ1) is 14.4. The standard InChI is InChI=1S/C17H23NO3/c1-12(19)18-10-13-5-4-8-17(20,16(13)11-18)14-6-3-7-15(9-14)21-2/h3,6-7,9,13,16,20H,4-5,8,10-11H2,1-2H3. The lowest BCUT2D eigenvalue weighted by atomic mass is 9.67. The lowest BCUT2D eigenvalue weighted by Crippen LogP contribution is -2.42. The van der Waals surface area contributed by atoms with Crippen LogP contribution in [0.2, 0.25) is 0 Å². The van der Waals surface area contributed by atoms with Crippen LogP contribution in [-0.4, -0.2) is 36.1 Å². The molecule has 1 aliphatic heterocycles. The molecule has 4 nitrogen and oxygen atoms in total. The fraction of sp³-hybridized carbons (Fsp3) is 0.588. The largest absolute Gasteiger partial charge is 0.497 e. The molecule has 3 atom stereocenters. The maximum absolute atomic E-state index is 11.7. The van der Waals surface area contributed by atoms with Crippen LogP contribution in [0.5, 0.6) is 5.75 Å². The van der Waals surface area contributed by atoms with Crippen LogP contribution in [0.15, 0.2) is 24.3 Å². The number of rotatable bonds is 2. The van der Waals surface area contributed by atoms with Gasteiger partial charge in [0.2, 0.25) is 5.91 Å². The molecule has 4 heteroatoms. The Kier molecular flexibility index (Phi) is 3.66. The summed E-state index contributed by atoms with van der Waals surface area (Å²) in [5.74, 6) is 1.41. The van der Waals surface area contributed by atoms with Crippen LogP contribution in [0.25, 0.3) is 0 Å². The van der Waals surface area contributed by atoms with Gasteiger partial charge in [-0.05, 0) is 42.9 Å². The number of fused-ring (bicyclic) bond motifs is 1. The van der Waals surface area contributed by atoms with E-state index >= 15 is 0 Å². The molecular weight excluding hydrogens is 266 g/mol. The molecule has 1 aromatic carbocycles. The number of hydrogen-bond donors (Lipinski definition) is 1. The Morgan fingerprint density at radius 1 is 1.43 bits per heavy atom. The number of methoxy groups -OCH3 is 1. The smallest absolute Gasteiger partial charge is 0.219 e. The van der Waals surface area contributed by atoms with E-state index in [-0.39, 0.29) is 11.8 Å². The summed E-state index contributed by atoms with van der Waals surface area (Å²) < 4.78 is 5.29. The van der Waals surface area contributed by atoms with Gasteiger partial charge < -0.3 is 14.7 Å². The number of carbonyl (C=O) groups is 1. The lowest BCUT2D eigenvalue weighted by molar-refractivity contribution is -0.128. The Hall–Kier alpha value is -1.55. The molecule has 1 heterocycles. The van der Waals surface area contributed by atoms with Crippen LogP contribution >= 0.6 is 0 Å². The summed E-state index contributed by atoms with van der Waals surface area (Å²) in [7, 11) is 1.64. The molecule has 1 saturated heterocycles. The highest BCUT2D eigenvalue weighted by molar-refractivity contribution is 5.73. The minimum atomic E-state index is -0.846.